The van der Waals surface area contributed by atoms with Crippen LogP contribution in [0, 0.1) is 0 Å². The molecule has 0 fully saturated rings. The Balaban J connectivity index is 2.14. The lowest BCUT2D eigenvalue weighted by Crippen LogP contribution is -2.43. The van der Waals surface area contributed by atoms with Crippen LogP contribution in [0.5, 0.6) is 0 Å². The molecule has 2 aromatic rings. The maximum atomic E-state index is 9.92. The van der Waals surface area contributed by atoms with Crippen LogP contribution >= 0.6 is 0 Å². The van der Waals surface area contributed by atoms with E-state index in [1.807, 2.05) is 42.5 Å². The Hall–Kier alpha value is -2.50. The van der Waals surface area contributed by atoms with Gasteiger partial charge in [0.25, 0.3) is 0 Å². The molecule has 3 rings (SSSR count). The van der Waals surface area contributed by atoms with E-state index in [-0.39, 0.29) is 13.2 Å². The van der Waals surface area contributed by atoms with Crippen molar-refractivity contribution in [1.29, 1.82) is 0 Å². The van der Waals surface area contributed by atoms with Crippen LogP contribution in [0.2, 0.25) is 0 Å². The van der Waals surface area contributed by atoms with E-state index in [4.69, 9.17) is 0 Å². The van der Waals surface area contributed by atoms with E-state index in [1.54, 1.807) is 18.5 Å². The Morgan fingerprint density at radius 2 is 2.00 bits per heavy atom. The second-order valence-electron chi connectivity index (χ2n) is 5.06. The second kappa shape index (κ2) is 6.09. The van der Waals surface area contributed by atoms with Gasteiger partial charge in [-0.2, -0.15) is 0 Å². The van der Waals surface area contributed by atoms with Crippen molar-refractivity contribution in [2.24, 2.45) is 0 Å². The van der Waals surface area contributed by atoms with Crippen LogP contribution in [-0.4, -0.2) is 26.8 Å². The summed E-state index contributed by atoms with van der Waals surface area (Å²) in [5.74, 6) is 0. The lowest BCUT2D eigenvalue weighted by Gasteiger charge is -2.31. The molecule has 1 aliphatic rings. The molecule has 0 aliphatic carbocycles. The molecule has 5 heteroatoms. The highest BCUT2D eigenvalue weighted by molar-refractivity contribution is 5.64. The number of dihydropyridines is 1. The fraction of sp³-hybridized carbons (Fsp3) is 0.176. The van der Waals surface area contributed by atoms with Crippen molar-refractivity contribution < 1.29 is 10.2 Å². The molecule has 0 saturated heterocycles. The smallest absolute Gasteiger partial charge is 0.122 e. The van der Waals surface area contributed by atoms with Gasteiger partial charge in [-0.25, -0.2) is 0 Å². The molecule has 3 N–H and O–H groups in total. The van der Waals surface area contributed by atoms with Crippen molar-refractivity contribution in [3.8, 4) is 11.3 Å². The number of nitrogens with zero attached hydrogens (tertiary/aromatic N) is 2. The molecule has 1 aliphatic heterocycles. The van der Waals surface area contributed by atoms with Crippen LogP contribution in [-0.2, 0) is 12.1 Å². The number of hydrogen-bond acceptors (Lipinski definition) is 5. The minimum absolute atomic E-state index is 0.116. The van der Waals surface area contributed by atoms with Crippen molar-refractivity contribution >= 4 is 0 Å². The highest BCUT2D eigenvalue weighted by Gasteiger charge is 2.32. The molecular weight excluding hydrogens is 278 g/mol. The van der Waals surface area contributed by atoms with Crippen LogP contribution in [0.3, 0.4) is 0 Å². The number of aromatic nitrogens is 2. The molecule has 1 atom stereocenters. The molecule has 22 heavy (non-hydrogen) atoms. The van der Waals surface area contributed by atoms with Crippen molar-refractivity contribution in [2.75, 3.05) is 6.61 Å². The first kappa shape index (κ1) is 14.4. The molecule has 0 bridgehead atoms. The predicted octanol–water partition coefficient (Wildman–Crippen LogP) is 1.50. The molecular formula is C17H17N3O2. The SMILES string of the molecule is OCc1cccc(-c2cccnc2C2(CO)C=CC=CN2)n1. The van der Waals surface area contributed by atoms with Crippen molar-refractivity contribution in [3.05, 3.63) is 72.3 Å². The highest BCUT2D eigenvalue weighted by Crippen LogP contribution is 2.31. The minimum Gasteiger partial charge on any atom is -0.393 e. The van der Waals surface area contributed by atoms with Crippen molar-refractivity contribution in [1.82, 2.24) is 15.3 Å². The van der Waals surface area contributed by atoms with Crippen LogP contribution in [0.4, 0.5) is 0 Å². The van der Waals surface area contributed by atoms with Crippen molar-refractivity contribution in [2.45, 2.75) is 12.1 Å². The van der Waals surface area contributed by atoms with Gasteiger partial charge in [-0.15, -0.1) is 0 Å². The predicted molar refractivity (Wildman–Crippen MR) is 83.6 cm³/mol. The topological polar surface area (TPSA) is 78.3 Å². The van der Waals surface area contributed by atoms with Crippen LogP contribution < -0.4 is 5.32 Å². The van der Waals surface area contributed by atoms with E-state index in [9.17, 15) is 10.2 Å². The second-order valence-corrected chi connectivity index (χ2v) is 5.06. The van der Waals surface area contributed by atoms with Crippen LogP contribution in [0.25, 0.3) is 11.3 Å². The molecule has 0 aromatic carbocycles. The van der Waals surface area contributed by atoms with Crippen LogP contribution in [0.1, 0.15) is 11.4 Å². The maximum absolute atomic E-state index is 9.92. The molecule has 0 amide bonds. The average molecular weight is 295 g/mol. The third-order valence-electron chi connectivity index (χ3n) is 3.65. The fourth-order valence-corrected chi connectivity index (χ4v) is 2.53. The first-order valence-corrected chi connectivity index (χ1v) is 7.05. The Morgan fingerprint density at radius 1 is 1.09 bits per heavy atom. The van der Waals surface area contributed by atoms with E-state index < -0.39 is 5.54 Å². The van der Waals surface area contributed by atoms with Crippen molar-refractivity contribution in [3.63, 3.8) is 0 Å². The summed E-state index contributed by atoms with van der Waals surface area (Å²) >= 11 is 0. The maximum Gasteiger partial charge on any atom is 0.122 e. The molecule has 0 spiro atoms. The first-order valence-electron chi connectivity index (χ1n) is 7.05. The summed E-state index contributed by atoms with van der Waals surface area (Å²) in [5.41, 5.74) is 2.05. The average Bonchev–Trinajstić information content (AvgIpc) is 2.62. The first-order chi connectivity index (χ1) is 10.8. The van der Waals surface area contributed by atoms with E-state index >= 15 is 0 Å². The normalized spacial score (nSPS) is 19.9. The van der Waals surface area contributed by atoms with Gasteiger partial charge < -0.3 is 15.5 Å². The standard InChI is InChI=1S/C17H17N3O2/c21-11-13-5-3-7-15(20-13)14-6-4-9-18-16(14)17(12-22)8-1-2-10-19-17/h1-10,19,21-22H,11-12H2. The molecule has 5 nitrogen and oxygen atoms in total. The van der Waals surface area contributed by atoms with Gasteiger partial charge in [0, 0.05) is 11.8 Å². The van der Waals surface area contributed by atoms with Gasteiger partial charge in [-0.05, 0) is 36.5 Å². The van der Waals surface area contributed by atoms with E-state index in [1.165, 1.54) is 0 Å². The van der Waals surface area contributed by atoms with Gasteiger partial charge in [0.05, 0.1) is 30.3 Å². The molecule has 0 saturated carbocycles. The number of aliphatic hydroxyl groups is 2. The Kier molecular flexibility index (Phi) is 4.00. The Labute approximate surface area is 128 Å². The summed E-state index contributed by atoms with van der Waals surface area (Å²) in [6.45, 7) is -0.243. The van der Waals surface area contributed by atoms with Gasteiger partial charge in [-0.1, -0.05) is 18.2 Å². The monoisotopic (exact) mass is 295 g/mol. The molecule has 2 aromatic heterocycles. The number of rotatable bonds is 4. The molecule has 112 valence electrons. The number of aliphatic hydroxyl groups excluding tert-OH is 2. The summed E-state index contributed by atoms with van der Waals surface area (Å²) in [4.78, 5) is 8.91. The summed E-state index contributed by atoms with van der Waals surface area (Å²) in [6.07, 6.45) is 9.10. The zero-order valence-corrected chi connectivity index (χ0v) is 12.0. The Morgan fingerprint density at radius 3 is 2.73 bits per heavy atom. The van der Waals surface area contributed by atoms with Gasteiger partial charge in [0.1, 0.15) is 5.54 Å². The lowest BCUT2D eigenvalue weighted by atomic mass is 9.89. The largest absolute Gasteiger partial charge is 0.393 e. The number of nitrogens with one attached hydrogen (secondary N) is 1. The zero-order valence-electron chi connectivity index (χ0n) is 12.0. The van der Waals surface area contributed by atoms with Gasteiger partial charge in [0.15, 0.2) is 0 Å². The van der Waals surface area contributed by atoms with Gasteiger partial charge in [-0.3, -0.25) is 9.97 Å². The third-order valence-corrected chi connectivity index (χ3v) is 3.65. The molecule has 3 heterocycles. The van der Waals surface area contributed by atoms with Gasteiger partial charge >= 0.3 is 0 Å². The number of pyridine rings is 2. The zero-order chi connectivity index (χ0) is 15.4. The van der Waals surface area contributed by atoms with Crippen LogP contribution in [0.15, 0.2) is 61.0 Å². The lowest BCUT2D eigenvalue weighted by molar-refractivity contribution is 0.205. The highest BCUT2D eigenvalue weighted by atomic mass is 16.3. The quantitative estimate of drug-likeness (QED) is 0.796. The third kappa shape index (κ3) is 2.52. The molecule has 0 radical (unpaired) electrons. The Bertz CT molecular complexity index is 727. The summed E-state index contributed by atoms with van der Waals surface area (Å²) < 4.78 is 0. The van der Waals surface area contributed by atoms with E-state index in [0.29, 0.717) is 17.1 Å². The summed E-state index contributed by atoms with van der Waals surface area (Å²) in [6, 6.07) is 9.23. The van der Waals surface area contributed by atoms with E-state index in [2.05, 4.69) is 15.3 Å². The van der Waals surface area contributed by atoms with Gasteiger partial charge in [0.2, 0.25) is 0 Å². The molecule has 1 unspecified atom stereocenters. The fourth-order valence-electron chi connectivity index (χ4n) is 2.53. The minimum atomic E-state index is -0.776. The summed E-state index contributed by atoms with van der Waals surface area (Å²) in [5, 5.41) is 22.4. The number of hydrogen-bond donors (Lipinski definition) is 3. The van der Waals surface area contributed by atoms with E-state index in [0.717, 1.165) is 5.56 Å². The number of allylic oxidation sites excluding steroid dienone is 2. The summed E-state index contributed by atoms with van der Waals surface area (Å²) in [7, 11) is 0.